The predicted octanol–water partition coefficient (Wildman–Crippen LogP) is 2.84. The highest BCUT2D eigenvalue weighted by Gasteiger charge is 2.10. The number of benzene rings is 1. The van der Waals surface area contributed by atoms with E-state index in [1.54, 1.807) is 13.3 Å². The monoisotopic (exact) mass is 253 g/mol. The van der Waals surface area contributed by atoms with Gasteiger partial charge in [-0.05, 0) is 43.2 Å². The first kappa shape index (κ1) is 13.0. The molecule has 1 aromatic carbocycles. The molecule has 0 aliphatic heterocycles. The van der Waals surface area contributed by atoms with Gasteiger partial charge in [0, 0.05) is 11.8 Å². The Balaban J connectivity index is 2.55. The summed E-state index contributed by atoms with van der Waals surface area (Å²) in [7, 11) is 1.64. The Kier molecular flexibility index (Phi) is 3.76. The van der Waals surface area contributed by atoms with Crippen LogP contribution in [0.2, 0.25) is 0 Å². The zero-order valence-electron chi connectivity index (χ0n) is 11.3. The van der Waals surface area contributed by atoms with Crippen molar-refractivity contribution < 1.29 is 4.74 Å². The quantitative estimate of drug-likeness (QED) is 0.844. The molecule has 0 aliphatic rings. The fraction of sp³-hybridized carbons (Fsp3) is 0.267. The molecule has 96 valence electrons. The minimum Gasteiger partial charge on any atom is -0.496 e. The second kappa shape index (κ2) is 5.49. The van der Waals surface area contributed by atoms with E-state index in [4.69, 9.17) is 10.00 Å². The Morgan fingerprint density at radius 1 is 1.26 bits per heavy atom. The molecule has 0 N–H and O–H groups in total. The van der Waals surface area contributed by atoms with E-state index in [1.807, 2.05) is 25.1 Å². The lowest BCUT2D eigenvalue weighted by Gasteiger charge is -2.11. The predicted molar refractivity (Wildman–Crippen MR) is 72.8 cm³/mol. The first-order valence-electron chi connectivity index (χ1n) is 6.00. The fourth-order valence-electron chi connectivity index (χ4n) is 1.86. The van der Waals surface area contributed by atoms with Gasteiger partial charge in [0.25, 0.3) is 0 Å². The Labute approximate surface area is 112 Å². The van der Waals surface area contributed by atoms with Crippen LogP contribution in [0.4, 0.5) is 0 Å². The van der Waals surface area contributed by atoms with Gasteiger partial charge >= 0.3 is 0 Å². The third-order valence-electron chi connectivity index (χ3n) is 3.03. The van der Waals surface area contributed by atoms with Crippen molar-refractivity contribution in [1.29, 1.82) is 5.26 Å². The molecule has 19 heavy (non-hydrogen) atoms. The summed E-state index contributed by atoms with van der Waals surface area (Å²) in [5.74, 6) is 1.31. The van der Waals surface area contributed by atoms with Gasteiger partial charge in [0.15, 0.2) is 0 Å². The normalized spacial score (nSPS) is 10.0. The van der Waals surface area contributed by atoms with Crippen molar-refractivity contribution in [3.05, 3.63) is 41.3 Å². The number of nitriles is 1. The number of hydrogen-bond acceptors (Lipinski definition) is 4. The van der Waals surface area contributed by atoms with Gasteiger partial charge in [-0.25, -0.2) is 9.97 Å². The van der Waals surface area contributed by atoms with E-state index in [2.05, 4.69) is 23.0 Å². The summed E-state index contributed by atoms with van der Waals surface area (Å²) in [4.78, 5) is 8.47. The second-order valence-corrected chi connectivity index (χ2v) is 4.33. The van der Waals surface area contributed by atoms with Gasteiger partial charge in [-0.3, -0.25) is 0 Å². The Hall–Kier alpha value is -2.41. The van der Waals surface area contributed by atoms with Crippen molar-refractivity contribution in [2.24, 2.45) is 0 Å². The van der Waals surface area contributed by atoms with E-state index in [1.165, 1.54) is 11.1 Å². The van der Waals surface area contributed by atoms with Crippen LogP contribution >= 0.6 is 0 Å². The van der Waals surface area contributed by atoms with Crippen molar-refractivity contribution in [3.63, 3.8) is 0 Å². The van der Waals surface area contributed by atoms with Gasteiger partial charge in [0.1, 0.15) is 11.6 Å². The van der Waals surface area contributed by atoms with Crippen LogP contribution in [0.15, 0.2) is 24.4 Å². The zero-order chi connectivity index (χ0) is 13.8. The van der Waals surface area contributed by atoms with Crippen LogP contribution in [0.1, 0.15) is 17.0 Å². The fourth-order valence-corrected chi connectivity index (χ4v) is 1.86. The van der Waals surface area contributed by atoms with Crippen LogP contribution in [0.3, 0.4) is 0 Å². The lowest BCUT2D eigenvalue weighted by molar-refractivity contribution is 0.416. The van der Waals surface area contributed by atoms with Crippen LogP contribution in [0, 0.1) is 25.2 Å². The van der Waals surface area contributed by atoms with Crippen molar-refractivity contribution in [2.45, 2.75) is 20.3 Å². The SMILES string of the molecule is COc1cc(C)c(C)cc1-c1ccnc(CC#N)n1. The van der Waals surface area contributed by atoms with E-state index >= 15 is 0 Å². The Morgan fingerprint density at radius 3 is 2.68 bits per heavy atom. The molecular weight excluding hydrogens is 238 g/mol. The molecule has 0 saturated carbocycles. The summed E-state index contributed by atoms with van der Waals surface area (Å²) in [6, 6.07) is 7.93. The average Bonchev–Trinajstić information content (AvgIpc) is 2.42. The molecule has 0 radical (unpaired) electrons. The van der Waals surface area contributed by atoms with Gasteiger partial charge < -0.3 is 4.74 Å². The lowest BCUT2D eigenvalue weighted by Crippen LogP contribution is -1.97. The molecule has 0 saturated heterocycles. The van der Waals surface area contributed by atoms with E-state index in [9.17, 15) is 0 Å². The maximum atomic E-state index is 8.71. The first-order valence-corrected chi connectivity index (χ1v) is 6.00. The van der Waals surface area contributed by atoms with E-state index < -0.39 is 0 Å². The largest absolute Gasteiger partial charge is 0.496 e. The molecule has 0 unspecified atom stereocenters. The van der Waals surface area contributed by atoms with E-state index in [0.717, 1.165) is 17.0 Å². The van der Waals surface area contributed by atoms with Crippen molar-refractivity contribution >= 4 is 0 Å². The molecular formula is C15H15N3O. The summed E-state index contributed by atoms with van der Waals surface area (Å²) in [5, 5.41) is 8.71. The van der Waals surface area contributed by atoms with Gasteiger partial charge in [-0.15, -0.1) is 0 Å². The average molecular weight is 253 g/mol. The van der Waals surface area contributed by atoms with Crippen molar-refractivity contribution in [2.75, 3.05) is 7.11 Å². The Bertz CT molecular complexity index is 644. The molecule has 0 spiro atoms. The maximum Gasteiger partial charge on any atom is 0.142 e. The maximum absolute atomic E-state index is 8.71. The highest BCUT2D eigenvalue weighted by Crippen LogP contribution is 2.31. The topological polar surface area (TPSA) is 58.8 Å². The number of methoxy groups -OCH3 is 1. The Morgan fingerprint density at radius 2 is 2.00 bits per heavy atom. The summed E-state index contributed by atoms with van der Waals surface area (Å²) >= 11 is 0. The molecule has 1 heterocycles. The summed E-state index contributed by atoms with van der Waals surface area (Å²) in [6.45, 7) is 4.10. The molecule has 0 bridgehead atoms. The number of nitrogens with zero attached hydrogens (tertiary/aromatic N) is 3. The third kappa shape index (κ3) is 2.71. The van der Waals surface area contributed by atoms with Crippen molar-refractivity contribution in [3.8, 4) is 23.1 Å². The van der Waals surface area contributed by atoms with Crippen LogP contribution in [0.5, 0.6) is 5.75 Å². The molecule has 2 aromatic rings. The minimum absolute atomic E-state index is 0.209. The third-order valence-corrected chi connectivity index (χ3v) is 3.03. The summed E-state index contributed by atoms with van der Waals surface area (Å²) in [5.41, 5.74) is 4.05. The molecule has 0 aliphatic carbocycles. The molecule has 0 atom stereocenters. The number of rotatable bonds is 3. The number of hydrogen-bond donors (Lipinski definition) is 0. The minimum atomic E-state index is 0.209. The molecule has 4 nitrogen and oxygen atoms in total. The summed E-state index contributed by atoms with van der Waals surface area (Å²) < 4.78 is 5.41. The molecule has 1 aromatic heterocycles. The van der Waals surface area contributed by atoms with E-state index in [-0.39, 0.29) is 6.42 Å². The second-order valence-electron chi connectivity index (χ2n) is 4.33. The van der Waals surface area contributed by atoms with Crippen molar-refractivity contribution in [1.82, 2.24) is 9.97 Å². The van der Waals surface area contributed by atoms with Gasteiger partial charge in [0.05, 0.1) is 25.3 Å². The van der Waals surface area contributed by atoms with Crippen LogP contribution < -0.4 is 4.74 Å². The first-order chi connectivity index (χ1) is 9.15. The summed E-state index contributed by atoms with van der Waals surface area (Å²) in [6.07, 6.45) is 1.88. The van der Waals surface area contributed by atoms with Crippen LogP contribution in [-0.4, -0.2) is 17.1 Å². The lowest BCUT2D eigenvalue weighted by atomic mass is 10.0. The zero-order valence-corrected chi connectivity index (χ0v) is 11.3. The highest BCUT2D eigenvalue weighted by molar-refractivity contribution is 5.68. The van der Waals surface area contributed by atoms with Crippen LogP contribution in [0.25, 0.3) is 11.3 Å². The molecule has 0 fully saturated rings. The van der Waals surface area contributed by atoms with Gasteiger partial charge in [0.2, 0.25) is 0 Å². The van der Waals surface area contributed by atoms with E-state index in [0.29, 0.717) is 5.82 Å². The van der Waals surface area contributed by atoms with Gasteiger partial charge in [-0.1, -0.05) is 0 Å². The standard InChI is InChI=1S/C15H15N3O/c1-10-8-12(14(19-3)9-11(10)2)13-5-7-17-15(18-13)4-6-16/h5,7-9H,4H2,1-3H3. The highest BCUT2D eigenvalue weighted by atomic mass is 16.5. The number of ether oxygens (including phenoxy) is 1. The smallest absolute Gasteiger partial charge is 0.142 e. The molecule has 0 amide bonds. The molecule has 4 heteroatoms. The molecule has 2 rings (SSSR count). The van der Waals surface area contributed by atoms with Gasteiger partial charge in [-0.2, -0.15) is 5.26 Å². The van der Waals surface area contributed by atoms with Crippen LogP contribution in [-0.2, 0) is 6.42 Å². The number of aryl methyl sites for hydroxylation is 2. The number of aromatic nitrogens is 2.